The molecule has 7 heavy (non-hydrogen) atoms. The molecule has 0 amide bonds. The van der Waals surface area contributed by atoms with Crippen LogP contribution >= 0.6 is 0 Å². The Morgan fingerprint density at radius 1 is 2.00 bits per heavy atom. The van der Waals surface area contributed by atoms with Crippen LogP contribution in [0.15, 0.2) is 12.0 Å². The summed E-state index contributed by atoms with van der Waals surface area (Å²) < 4.78 is 4.60. The van der Waals surface area contributed by atoms with Gasteiger partial charge >= 0.3 is 0 Å². The molecular weight excluding hydrogens is 92.1 g/mol. The van der Waals surface area contributed by atoms with E-state index >= 15 is 0 Å². The van der Waals surface area contributed by atoms with Crippen molar-refractivity contribution in [2.75, 3.05) is 0 Å². The summed E-state index contributed by atoms with van der Waals surface area (Å²) in [4.78, 5) is 0. The van der Waals surface area contributed by atoms with Crippen LogP contribution in [-0.4, -0.2) is 11.2 Å². The van der Waals surface area contributed by atoms with E-state index in [1.54, 1.807) is 6.26 Å². The first-order valence-corrected chi connectivity index (χ1v) is 2.39. The Morgan fingerprint density at radius 3 is 2.71 bits per heavy atom. The van der Waals surface area contributed by atoms with Crippen LogP contribution in [-0.2, 0) is 4.74 Å². The molecule has 1 atom stereocenters. The maximum absolute atomic E-state index is 8.80. The molecule has 0 spiro atoms. The fourth-order valence-electron chi connectivity index (χ4n) is 0.392. The van der Waals surface area contributed by atoms with Gasteiger partial charge in [-0.1, -0.05) is 6.92 Å². The number of aliphatic hydroxyl groups excluding tert-OH is 1. The van der Waals surface area contributed by atoms with E-state index in [9.17, 15) is 0 Å². The van der Waals surface area contributed by atoms with Crippen LogP contribution in [0.25, 0.3) is 0 Å². The first kappa shape index (κ1) is 4.65. The molecule has 0 aliphatic carbocycles. The van der Waals surface area contributed by atoms with Crippen molar-refractivity contribution >= 4 is 0 Å². The van der Waals surface area contributed by atoms with Gasteiger partial charge < -0.3 is 9.84 Å². The highest BCUT2D eigenvalue weighted by Crippen LogP contribution is 2.19. The van der Waals surface area contributed by atoms with Crippen molar-refractivity contribution in [3.05, 3.63) is 12.0 Å². The first-order valence-electron chi connectivity index (χ1n) is 2.39. The highest BCUT2D eigenvalue weighted by atomic mass is 16.6. The van der Waals surface area contributed by atoms with Crippen molar-refractivity contribution in [2.24, 2.45) is 0 Å². The summed E-state index contributed by atoms with van der Waals surface area (Å²) in [5.74, 6) is 0.725. The van der Waals surface area contributed by atoms with E-state index in [4.69, 9.17) is 5.11 Å². The summed E-state index contributed by atoms with van der Waals surface area (Å²) in [6.45, 7) is 1.91. The SMILES string of the molecule is CC[C@H](O)C1=CO1. The van der Waals surface area contributed by atoms with Gasteiger partial charge in [0.05, 0.1) is 0 Å². The van der Waals surface area contributed by atoms with Crippen molar-refractivity contribution in [3.63, 3.8) is 0 Å². The largest absolute Gasteiger partial charge is 0.460 e. The maximum atomic E-state index is 8.80. The predicted octanol–water partition coefficient (Wildman–Crippen LogP) is 0.629. The average Bonchev–Trinajstić information content (AvgIpc) is 2.44. The number of hydrogen-bond acceptors (Lipinski definition) is 2. The lowest BCUT2D eigenvalue weighted by Crippen LogP contribution is -2.00. The van der Waals surface area contributed by atoms with Crippen molar-refractivity contribution in [3.8, 4) is 0 Å². The van der Waals surface area contributed by atoms with Gasteiger partial charge in [-0.3, -0.25) is 0 Å². The van der Waals surface area contributed by atoms with Gasteiger partial charge in [0.15, 0.2) is 5.76 Å². The first-order chi connectivity index (χ1) is 3.34. The van der Waals surface area contributed by atoms with Gasteiger partial charge in [-0.15, -0.1) is 0 Å². The second-order valence-corrected chi connectivity index (χ2v) is 1.56. The molecule has 2 nitrogen and oxygen atoms in total. The van der Waals surface area contributed by atoms with E-state index in [1.807, 2.05) is 6.92 Å². The standard InChI is InChI=1S/C5H8O2/c1-2-4(6)5-3-7-5/h3-4,6H,2H2,1H3/t4-/m0/s1. The summed E-state index contributed by atoms with van der Waals surface area (Å²) in [6.07, 6.45) is 1.96. The zero-order valence-corrected chi connectivity index (χ0v) is 4.22. The minimum atomic E-state index is -0.347. The van der Waals surface area contributed by atoms with E-state index in [2.05, 4.69) is 4.74 Å². The van der Waals surface area contributed by atoms with Crippen LogP contribution in [0.2, 0.25) is 0 Å². The van der Waals surface area contributed by atoms with Gasteiger partial charge in [0.1, 0.15) is 12.4 Å². The molecule has 1 N–H and O–H groups in total. The molecule has 0 bridgehead atoms. The maximum Gasteiger partial charge on any atom is 0.167 e. The molecule has 0 unspecified atom stereocenters. The van der Waals surface area contributed by atoms with Crippen molar-refractivity contribution in [2.45, 2.75) is 19.4 Å². The van der Waals surface area contributed by atoms with E-state index < -0.39 is 0 Å². The summed E-state index contributed by atoms with van der Waals surface area (Å²) in [6, 6.07) is 0. The lowest BCUT2D eigenvalue weighted by molar-refractivity contribution is 0.182. The summed E-state index contributed by atoms with van der Waals surface area (Å²) >= 11 is 0. The molecule has 0 aromatic rings. The van der Waals surface area contributed by atoms with Gasteiger partial charge in [-0.25, -0.2) is 0 Å². The highest BCUT2D eigenvalue weighted by molar-refractivity contribution is 5.07. The lowest BCUT2D eigenvalue weighted by atomic mass is 10.3. The second kappa shape index (κ2) is 1.54. The molecule has 0 aromatic carbocycles. The molecule has 0 fully saturated rings. The predicted molar refractivity (Wildman–Crippen MR) is 25.5 cm³/mol. The van der Waals surface area contributed by atoms with E-state index in [0.717, 1.165) is 12.2 Å². The fraction of sp³-hybridized carbons (Fsp3) is 0.600. The molecule has 0 saturated carbocycles. The molecular formula is C5H8O2. The van der Waals surface area contributed by atoms with Crippen molar-refractivity contribution < 1.29 is 9.84 Å². The Balaban J connectivity index is 2.24. The zero-order valence-electron chi connectivity index (χ0n) is 4.22. The summed E-state index contributed by atoms with van der Waals surface area (Å²) in [5.41, 5.74) is 0. The van der Waals surface area contributed by atoms with Crippen LogP contribution in [0.3, 0.4) is 0 Å². The van der Waals surface area contributed by atoms with Crippen molar-refractivity contribution in [1.29, 1.82) is 0 Å². The number of ether oxygens (including phenoxy) is 1. The Morgan fingerprint density at radius 2 is 2.57 bits per heavy atom. The second-order valence-electron chi connectivity index (χ2n) is 1.56. The summed E-state index contributed by atoms with van der Waals surface area (Å²) in [5, 5.41) is 8.80. The van der Waals surface area contributed by atoms with Gasteiger partial charge in [0, 0.05) is 0 Å². The third-order valence-corrected chi connectivity index (χ3v) is 0.969. The van der Waals surface area contributed by atoms with Gasteiger partial charge in [-0.05, 0) is 6.42 Å². The monoisotopic (exact) mass is 100 g/mol. The molecule has 1 aliphatic rings. The number of aliphatic hydroxyl groups is 1. The molecule has 1 rings (SSSR count). The van der Waals surface area contributed by atoms with Crippen LogP contribution in [0.5, 0.6) is 0 Å². The van der Waals surface area contributed by atoms with E-state index in [-0.39, 0.29) is 6.10 Å². The molecule has 1 aliphatic heterocycles. The van der Waals surface area contributed by atoms with Gasteiger partial charge in [-0.2, -0.15) is 0 Å². The fourth-order valence-corrected chi connectivity index (χ4v) is 0.392. The van der Waals surface area contributed by atoms with Crippen LogP contribution in [0.1, 0.15) is 13.3 Å². The average molecular weight is 100 g/mol. The minimum absolute atomic E-state index is 0.347. The lowest BCUT2D eigenvalue weighted by Gasteiger charge is -1.94. The van der Waals surface area contributed by atoms with Gasteiger partial charge in [0.2, 0.25) is 0 Å². The van der Waals surface area contributed by atoms with Gasteiger partial charge in [0.25, 0.3) is 0 Å². The topological polar surface area (TPSA) is 32.8 Å². The van der Waals surface area contributed by atoms with Crippen molar-refractivity contribution in [1.82, 2.24) is 0 Å². The Kier molecular flexibility index (Phi) is 1.02. The Bertz CT molecular complexity index is 96.3. The molecule has 2 heteroatoms. The molecule has 1 heterocycles. The number of hydrogen-bond donors (Lipinski definition) is 1. The quantitative estimate of drug-likeness (QED) is 0.552. The van der Waals surface area contributed by atoms with Crippen LogP contribution in [0, 0.1) is 0 Å². The zero-order chi connectivity index (χ0) is 5.28. The molecule has 40 valence electrons. The minimum Gasteiger partial charge on any atom is -0.460 e. The Hall–Kier alpha value is -0.500. The molecule has 0 aromatic heterocycles. The van der Waals surface area contributed by atoms with E-state index in [0.29, 0.717) is 0 Å². The van der Waals surface area contributed by atoms with E-state index in [1.165, 1.54) is 0 Å². The molecule has 0 saturated heterocycles. The third-order valence-electron chi connectivity index (χ3n) is 0.969. The smallest absolute Gasteiger partial charge is 0.167 e. The Labute approximate surface area is 42.4 Å². The van der Waals surface area contributed by atoms with Crippen LogP contribution < -0.4 is 0 Å². The summed E-state index contributed by atoms with van der Waals surface area (Å²) in [7, 11) is 0. The van der Waals surface area contributed by atoms with Crippen LogP contribution in [0.4, 0.5) is 0 Å². The molecule has 0 radical (unpaired) electrons. The highest BCUT2D eigenvalue weighted by Gasteiger charge is 2.17. The number of rotatable bonds is 2. The normalized spacial score (nSPS) is 20.0. The third kappa shape index (κ3) is 0.933.